The molecule has 0 saturated carbocycles. The largest absolute Gasteiger partial charge is 0.462 e. The molecule has 0 bridgehead atoms. The van der Waals surface area contributed by atoms with E-state index in [2.05, 4.69) is 106 Å². The first-order valence-corrected chi connectivity index (χ1v) is 36.1. The molecule has 6 nitrogen and oxygen atoms in total. The summed E-state index contributed by atoms with van der Waals surface area (Å²) in [4.78, 5) is 38.4. The van der Waals surface area contributed by atoms with E-state index >= 15 is 0 Å². The van der Waals surface area contributed by atoms with E-state index in [4.69, 9.17) is 14.2 Å². The molecule has 0 heterocycles. The third kappa shape index (κ3) is 69.3. The van der Waals surface area contributed by atoms with Crippen LogP contribution in [0.5, 0.6) is 0 Å². The van der Waals surface area contributed by atoms with E-state index in [0.717, 1.165) is 128 Å². The fourth-order valence-electron chi connectivity index (χ4n) is 10.5. The summed E-state index contributed by atoms with van der Waals surface area (Å²) >= 11 is 0. The maximum atomic E-state index is 13.0. The van der Waals surface area contributed by atoms with E-state index < -0.39 is 6.10 Å². The lowest BCUT2D eigenvalue weighted by Gasteiger charge is -2.18. The van der Waals surface area contributed by atoms with Crippen molar-refractivity contribution in [1.29, 1.82) is 0 Å². The zero-order valence-electron chi connectivity index (χ0n) is 55.2. The second-order valence-electron chi connectivity index (χ2n) is 24.1. The number of allylic oxidation sites excluding steroid dienone is 14. The Kier molecular flexibility index (Phi) is 68.2. The van der Waals surface area contributed by atoms with E-state index in [9.17, 15) is 14.4 Å². The average Bonchev–Trinajstić information content (AvgIpc) is 3.49. The average molecular weight is 1160 g/mol. The van der Waals surface area contributed by atoms with E-state index in [1.54, 1.807) is 0 Å². The highest BCUT2D eigenvalue weighted by molar-refractivity contribution is 5.71. The molecule has 0 spiro atoms. The maximum absolute atomic E-state index is 13.0. The number of carbonyl (C=O) groups excluding carboxylic acids is 3. The van der Waals surface area contributed by atoms with Crippen LogP contribution >= 0.6 is 0 Å². The molecule has 0 aromatic heterocycles. The van der Waals surface area contributed by atoms with Crippen LogP contribution in [0.25, 0.3) is 0 Å². The second kappa shape index (κ2) is 71.1. The van der Waals surface area contributed by atoms with Crippen molar-refractivity contribution in [3.05, 3.63) is 85.1 Å². The molecule has 0 fully saturated rings. The fraction of sp³-hybridized carbons (Fsp3) is 0.779. The lowest BCUT2D eigenvalue weighted by atomic mass is 10.0. The number of esters is 3. The van der Waals surface area contributed by atoms with Crippen molar-refractivity contribution < 1.29 is 28.6 Å². The first-order valence-electron chi connectivity index (χ1n) is 36.1. The third-order valence-corrected chi connectivity index (χ3v) is 15.9. The van der Waals surface area contributed by atoms with Gasteiger partial charge < -0.3 is 14.2 Å². The standard InChI is InChI=1S/C77H136O6/c1-4-7-10-13-16-19-22-25-27-29-31-33-35-36-37-38-39-40-42-43-45-47-49-52-55-58-61-64-67-70-76(79)82-73-74(72-81-75(78)69-66-63-60-57-54-51-24-21-18-15-12-9-6-3)83-77(80)71-68-65-62-59-56-53-50-48-46-44-41-34-32-30-28-26-23-20-17-14-11-8-5-2/h8,11-12,15,17,20-21,24,26,28,32,34,44,46,74H,4-7,9-10,13-14,16,18-19,22-23,25,27,29-31,33,35-43,45,47-73H2,1-3H3/b11-8-,15-12-,20-17-,24-21-,28-26-,34-32-,46-44-. The number of unbranched alkanes of at least 4 members (excludes halogenated alkanes) is 41. The quantitative estimate of drug-likeness (QED) is 0.0261. The highest BCUT2D eigenvalue weighted by atomic mass is 16.6. The van der Waals surface area contributed by atoms with Crippen LogP contribution in [0.4, 0.5) is 0 Å². The molecule has 0 aromatic rings. The van der Waals surface area contributed by atoms with Crippen molar-refractivity contribution in [1.82, 2.24) is 0 Å². The SMILES string of the molecule is CC/C=C\C/C=C\C/C=C\C/C=C\C/C=C\CCCCCCCCCC(=O)OC(COC(=O)CCCCCCC/C=C\C/C=C\CCC)COC(=O)CCCCCCCCCCCCCCCCCCCCCCCCCCCCCCC. The monoisotopic (exact) mass is 1160 g/mol. The molecule has 0 aliphatic heterocycles. The Morgan fingerprint density at radius 1 is 0.253 bits per heavy atom. The van der Waals surface area contributed by atoms with Crippen molar-refractivity contribution in [3.63, 3.8) is 0 Å². The fourth-order valence-corrected chi connectivity index (χ4v) is 10.5. The highest BCUT2D eigenvalue weighted by Crippen LogP contribution is 2.18. The van der Waals surface area contributed by atoms with Crippen molar-refractivity contribution in [2.75, 3.05) is 13.2 Å². The Hall–Kier alpha value is -3.41. The summed E-state index contributed by atoms with van der Waals surface area (Å²) in [5.41, 5.74) is 0. The number of hydrogen-bond donors (Lipinski definition) is 0. The lowest BCUT2D eigenvalue weighted by Crippen LogP contribution is -2.30. The van der Waals surface area contributed by atoms with Gasteiger partial charge in [0.05, 0.1) is 0 Å². The van der Waals surface area contributed by atoms with Crippen LogP contribution in [0.15, 0.2) is 85.1 Å². The van der Waals surface area contributed by atoms with E-state index in [-0.39, 0.29) is 31.1 Å². The number of rotatable bonds is 66. The topological polar surface area (TPSA) is 78.9 Å². The molecule has 0 rings (SSSR count). The van der Waals surface area contributed by atoms with Gasteiger partial charge in [-0.2, -0.15) is 0 Å². The molecule has 0 aromatic carbocycles. The predicted octanol–water partition coefficient (Wildman–Crippen LogP) is 25.0. The van der Waals surface area contributed by atoms with Gasteiger partial charge in [0.1, 0.15) is 13.2 Å². The minimum atomic E-state index is -0.790. The zero-order chi connectivity index (χ0) is 59.9. The van der Waals surface area contributed by atoms with E-state index in [1.165, 1.54) is 199 Å². The van der Waals surface area contributed by atoms with Crippen LogP contribution in [-0.4, -0.2) is 37.2 Å². The summed E-state index contributed by atoms with van der Waals surface area (Å²) < 4.78 is 17.0. The van der Waals surface area contributed by atoms with Crippen molar-refractivity contribution in [2.45, 2.75) is 374 Å². The third-order valence-electron chi connectivity index (χ3n) is 15.9. The number of carbonyl (C=O) groups is 3. The zero-order valence-corrected chi connectivity index (χ0v) is 55.2. The molecule has 0 aliphatic rings. The van der Waals surface area contributed by atoms with Gasteiger partial charge in [-0.15, -0.1) is 0 Å². The molecule has 83 heavy (non-hydrogen) atoms. The molecule has 1 atom stereocenters. The lowest BCUT2D eigenvalue weighted by molar-refractivity contribution is -0.167. The van der Waals surface area contributed by atoms with Gasteiger partial charge in [0.15, 0.2) is 6.10 Å². The second-order valence-corrected chi connectivity index (χ2v) is 24.1. The summed E-state index contributed by atoms with van der Waals surface area (Å²) in [6.07, 6.45) is 94.8. The maximum Gasteiger partial charge on any atom is 0.306 e. The Morgan fingerprint density at radius 2 is 0.494 bits per heavy atom. The van der Waals surface area contributed by atoms with Gasteiger partial charge in [-0.3, -0.25) is 14.4 Å². The van der Waals surface area contributed by atoms with Crippen LogP contribution < -0.4 is 0 Å². The number of ether oxygens (including phenoxy) is 3. The number of hydrogen-bond acceptors (Lipinski definition) is 6. The van der Waals surface area contributed by atoms with Crippen LogP contribution in [0.1, 0.15) is 367 Å². The summed E-state index contributed by atoms with van der Waals surface area (Å²) in [6, 6.07) is 0. The minimum Gasteiger partial charge on any atom is -0.462 e. The smallest absolute Gasteiger partial charge is 0.306 e. The molecule has 0 N–H and O–H groups in total. The summed E-state index contributed by atoms with van der Waals surface area (Å²) in [5.74, 6) is -0.891. The first-order chi connectivity index (χ1) is 41.0. The van der Waals surface area contributed by atoms with Gasteiger partial charge >= 0.3 is 17.9 Å². The van der Waals surface area contributed by atoms with Gasteiger partial charge in [0, 0.05) is 19.3 Å². The molecule has 1 unspecified atom stereocenters. The normalized spacial score (nSPS) is 12.6. The predicted molar refractivity (Wildman–Crippen MR) is 362 cm³/mol. The molecule has 0 amide bonds. The van der Waals surface area contributed by atoms with Gasteiger partial charge in [-0.25, -0.2) is 0 Å². The van der Waals surface area contributed by atoms with Gasteiger partial charge in [-0.1, -0.05) is 343 Å². The van der Waals surface area contributed by atoms with Crippen molar-refractivity contribution in [3.8, 4) is 0 Å². The molecule has 0 aliphatic carbocycles. The molecule has 6 heteroatoms. The molecule has 0 radical (unpaired) electrons. The Balaban J connectivity index is 4.24. The van der Waals surface area contributed by atoms with Crippen LogP contribution in [0, 0.1) is 0 Å². The summed E-state index contributed by atoms with van der Waals surface area (Å²) in [5, 5.41) is 0. The van der Waals surface area contributed by atoms with Crippen LogP contribution in [-0.2, 0) is 28.6 Å². The van der Waals surface area contributed by atoms with E-state index in [0.29, 0.717) is 19.3 Å². The molecule has 0 saturated heterocycles. The first kappa shape index (κ1) is 79.6. The van der Waals surface area contributed by atoms with Gasteiger partial charge in [0.25, 0.3) is 0 Å². The molecule has 480 valence electrons. The van der Waals surface area contributed by atoms with Gasteiger partial charge in [0.2, 0.25) is 0 Å². The van der Waals surface area contributed by atoms with Crippen LogP contribution in [0.3, 0.4) is 0 Å². The van der Waals surface area contributed by atoms with Gasteiger partial charge in [-0.05, 0) is 89.9 Å². The van der Waals surface area contributed by atoms with Crippen LogP contribution in [0.2, 0.25) is 0 Å². The Labute approximate surface area is 515 Å². The Bertz CT molecular complexity index is 1570. The molecular formula is C77H136O6. The Morgan fingerprint density at radius 3 is 0.783 bits per heavy atom. The molecular weight excluding hydrogens is 1020 g/mol. The van der Waals surface area contributed by atoms with Crippen molar-refractivity contribution >= 4 is 17.9 Å². The minimum absolute atomic E-state index is 0.0828. The van der Waals surface area contributed by atoms with Crippen molar-refractivity contribution in [2.24, 2.45) is 0 Å². The highest BCUT2D eigenvalue weighted by Gasteiger charge is 2.19. The summed E-state index contributed by atoms with van der Waals surface area (Å²) in [7, 11) is 0. The summed E-state index contributed by atoms with van der Waals surface area (Å²) in [6.45, 7) is 6.49. The van der Waals surface area contributed by atoms with E-state index in [1.807, 2.05) is 0 Å².